The van der Waals surface area contributed by atoms with Crippen molar-refractivity contribution in [3.05, 3.63) is 70.8 Å². The molecule has 4 nitrogen and oxygen atoms in total. The van der Waals surface area contributed by atoms with Gasteiger partial charge in [0.1, 0.15) is 12.4 Å². The number of fused-ring (bicyclic) bond motifs is 2. The molecule has 5 heteroatoms. The van der Waals surface area contributed by atoms with Crippen LogP contribution in [0.15, 0.2) is 48.5 Å². The second kappa shape index (κ2) is 8.19. The second-order valence-corrected chi connectivity index (χ2v) is 7.90. The minimum atomic E-state index is -0.331. The molecule has 4 rings (SSSR count). The highest BCUT2D eigenvalue weighted by molar-refractivity contribution is 7.99. The average Bonchev–Trinajstić information content (AvgIpc) is 2.88. The first-order chi connectivity index (χ1) is 13.3. The van der Waals surface area contributed by atoms with Gasteiger partial charge in [0.15, 0.2) is 0 Å². The van der Waals surface area contributed by atoms with Gasteiger partial charge in [-0.15, -0.1) is 0 Å². The predicted octanol–water partition coefficient (Wildman–Crippen LogP) is 3.85. The van der Waals surface area contributed by atoms with Gasteiger partial charge in [0, 0.05) is 36.7 Å². The zero-order valence-corrected chi connectivity index (χ0v) is 16.3. The highest BCUT2D eigenvalue weighted by Crippen LogP contribution is 2.37. The quantitative estimate of drug-likeness (QED) is 0.755. The highest BCUT2D eigenvalue weighted by atomic mass is 32.2. The smallest absolute Gasteiger partial charge is 0.337 e. The van der Waals surface area contributed by atoms with E-state index in [0.717, 1.165) is 42.1 Å². The lowest BCUT2D eigenvalue weighted by atomic mass is 9.93. The summed E-state index contributed by atoms with van der Waals surface area (Å²) in [7, 11) is 1.41. The summed E-state index contributed by atoms with van der Waals surface area (Å²) in [5.74, 6) is 2.85. The number of esters is 1. The topological polar surface area (TPSA) is 38.8 Å². The molecule has 0 spiro atoms. The Labute approximate surface area is 164 Å². The molecule has 2 aliphatic heterocycles. The van der Waals surface area contributed by atoms with Crippen LogP contribution in [-0.2, 0) is 11.3 Å². The van der Waals surface area contributed by atoms with Crippen molar-refractivity contribution in [2.45, 2.75) is 6.61 Å². The van der Waals surface area contributed by atoms with Gasteiger partial charge < -0.3 is 9.47 Å². The Bertz CT molecular complexity index is 872. The molecule has 2 aromatic rings. The highest BCUT2D eigenvalue weighted by Gasteiger charge is 2.21. The molecule has 27 heavy (non-hydrogen) atoms. The number of rotatable bonds is 3. The first-order valence-electron chi connectivity index (χ1n) is 9.20. The first kappa shape index (κ1) is 18.1. The Kier molecular flexibility index (Phi) is 5.50. The van der Waals surface area contributed by atoms with Crippen LogP contribution in [0.4, 0.5) is 0 Å². The van der Waals surface area contributed by atoms with Crippen LogP contribution in [0.5, 0.6) is 5.75 Å². The van der Waals surface area contributed by atoms with Gasteiger partial charge in [-0.2, -0.15) is 11.8 Å². The number of ether oxygens (including phenoxy) is 2. The number of carbonyl (C=O) groups is 1. The largest absolute Gasteiger partial charge is 0.488 e. The molecule has 0 N–H and O–H groups in total. The summed E-state index contributed by atoms with van der Waals surface area (Å²) in [6, 6.07) is 13.9. The van der Waals surface area contributed by atoms with Crippen molar-refractivity contribution < 1.29 is 14.3 Å². The van der Waals surface area contributed by atoms with Gasteiger partial charge in [0.05, 0.1) is 12.7 Å². The zero-order chi connectivity index (χ0) is 18.6. The Balaban J connectivity index is 1.78. The number of hydrogen-bond donors (Lipinski definition) is 0. The number of thioether (sulfide) groups is 1. The fraction of sp³-hybridized carbons (Fsp3) is 0.318. The molecule has 0 aromatic heterocycles. The molecule has 2 aliphatic rings. The van der Waals surface area contributed by atoms with E-state index in [0.29, 0.717) is 12.2 Å². The predicted molar refractivity (Wildman–Crippen MR) is 109 cm³/mol. The van der Waals surface area contributed by atoms with E-state index >= 15 is 0 Å². The molecule has 0 bridgehead atoms. The van der Waals surface area contributed by atoms with Crippen LogP contribution in [0.3, 0.4) is 0 Å². The third kappa shape index (κ3) is 3.89. The lowest BCUT2D eigenvalue weighted by Gasteiger charge is -2.25. The molecule has 0 unspecified atom stereocenters. The van der Waals surface area contributed by atoms with Crippen molar-refractivity contribution in [3.63, 3.8) is 0 Å². The van der Waals surface area contributed by atoms with Crippen molar-refractivity contribution in [1.29, 1.82) is 0 Å². The van der Waals surface area contributed by atoms with Gasteiger partial charge in [-0.1, -0.05) is 30.3 Å². The summed E-state index contributed by atoms with van der Waals surface area (Å²) in [5.41, 5.74) is 4.95. The van der Waals surface area contributed by atoms with Crippen LogP contribution in [0.2, 0.25) is 0 Å². The first-order valence-corrected chi connectivity index (χ1v) is 10.4. The Hall–Kier alpha value is -2.24. The van der Waals surface area contributed by atoms with Gasteiger partial charge in [0.2, 0.25) is 0 Å². The zero-order valence-electron chi connectivity index (χ0n) is 15.4. The lowest BCUT2D eigenvalue weighted by Crippen LogP contribution is -2.32. The molecule has 0 aliphatic carbocycles. The van der Waals surface area contributed by atoms with Crippen molar-refractivity contribution >= 4 is 23.3 Å². The van der Waals surface area contributed by atoms with E-state index in [4.69, 9.17) is 9.47 Å². The molecule has 0 amide bonds. The SMILES string of the molecule is COC(=O)c1ccc2c(c1)/C(=C/CN1CCSCC1)c1ccccc1CO2. The van der Waals surface area contributed by atoms with Gasteiger partial charge in [0.25, 0.3) is 0 Å². The van der Waals surface area contributed by atoms with Gasteiger partial charge in [-0.05, 0) is 34.9 Å². The summed E-state index contributed by atoms with van der Waals surface area (Å²) in [6.45, 7) is 3.65. The maximum atomic E-state index is 12.0. The van der Waals surface area contributed by atoms with Crippen molar-refractivity contribution in [1.82, 2.24) is 4.90 Å². The molecule has 1 saturated heterocycles. The van der Waals surface area contributed by atoms with E-state index in [9.17, 15) is 4.79 Å². The lowest BCUT2D eigenvalue weighted by molar-refractivity contribution is 0.0600. The number of benzene rings is 2. The van der Waals surface area contributed by atoms with E-state index in [1.165, 1.54) is 24.2 Å². The number of hydrogen-bond acceptors (Lipinski definition) is 5. The number of nitrogens with zero attached hydrogens (tertiary/aromatic N) is 1. The van der Waals surface area contributed by atoms with Crippen molar-refractivity contribution in [2.75, 3.05) is 38.2 Å². The molecule has 2 aromatic carbocycles. The third-order valence-corrected chi connectivity index (χ3v) is 5.98. The molecular weight excluding hydrogens is 358 g/mol. The van der Waals surface area contributed by atoms with Crippen molar-refractivity contribution in [2.24, 2.45) is 0 Å². The third-order valence-electron chi connectivity index (χ3n) is 5.04. The van der Waals surface area contributed by atoms with E-state index in [-0.39, 0.29) is 5.97 Å². The van der Waals surface area contributed by atoms with E-state index in [2.05, 4.69) is 29.2 Å². The molecule has 0 atom stereocenters. The van der Waals surface area contributed by atoms with Crippen molar-refractivity contribution in [3.8, 4) is 5.75 Å². The number of carbonyl (C=O) groups excluding carboxylic acids is 1. The van der Waals surface area contributed by atoms with Crippen LogP contribution in [-0.4, -0.2) is 49.1 Å². The minimum Gasteiger partial charge on any atom is -0.488 e. The van der Waals surface area contributed by atoms with E-state index in [1.807, 2.05) is 30.0 Å². The molecule has 0 saturated carbocycles. The van der Waals surface area contributed by atoms with Crippen LogP contribution in [0.25, 0.3) is 5.57 Å². The monoisotopic (exact) mass is 381 g/mol. The average molecular weight is 381 g/mol. The standard InChI is InChI=1S/C22H23NO3S/c1-25-22(24)16-6-7-21-20(14-16)19(8-9-23-10-12-27-13-11-23)18-5-3-2-4-17(18)15-26-21/h2-8,14H,9-13,15H2,1H3/b19-8+. The van der Waals surface area contributed by atoms with E-state index in [1.54, 1.807) is 6.07 Å². The maximum Gasteiger partial charge on any atom is 0.337 e. The van der Waals surface area contributed by atoms with Crippen LogP contribution in [0.1, 0.15) is 27.0 Å². The minimum absolute atomic E-state index is 0.331. The Morgan fingerprint density at radius 1 is 1.19 bits per heavy atom. The summed E-state index contributed by atoms with van der Waals surface area (Å²) in [5, 5.41) is 0. The van der Waals surface area contributed by atoms with Crippen LogP contribution < -0.4 is 4.74 Å². The molecule has 1 fully saturated rings. The van der Waals surface area contributed by atoms with Gasteiger partial charge in [-0.3, -0.25) is 4.90 Å². The van der Waals surface area contributed by atoms with E-state index < -0.39 is 0 Å². The molecule has 0 radical (unpaired) electrons. The second-order valence-electron chi connectivity index (χ2n) is 6.68. The molecule has 140 valence electrons. The summed E-state index contributed by atoms with van der Waals surface area (Å²) in [4.78, 5) is 14.5. The summed E-state index contributed by atoms with van der Waals surface area (Å²) in [6.07, 6.45) is 2.28. The maximum absolute atomic E-state index is 12.0. The fourth-order valence-corrected chi connectivity index (χ4v) is 4.52. The normalized spacial score (nSPS) is 18.2. The Morgan fingerprint density at radius 2 is 2.00 bits per heavy atom. The van der Waals surface area contributed by atoms with Crippen LogP contribution >= 0.6 is 11.8 Å². The molecular formula is C22H23NO3S. The summed E-state index contributed by atoms with van der Waals surface area (Å²) >= 11 is 2.01. The van der Waals surface area contributed by atoms with Gasteiger partial charge >= 0.3 is 5.97 Å². The number of methoxy groups -OCH3 is 1. The van der Waals surface area contributed by atoms with Crippen LogP contribution in [0, 0.1) is 0 Å². The molecule has 2 heterocycles. The van der Waals surface area contributed by atoms with Gasteiger partial charge in [-0.25, -0.2) is 4.79 Å². The Morgan fingerprint density at radius 3 is 2.81 bits per heavy atom. The summed E-state index contributed by atoms with van der Waals surface area (Å²) < 4.78 is 11.0. The fourth-order valence-electron chi connectivity index (χ4n) is 3.54.